The van der Waals surface area contributed by atoms with E-state index in [0.717, 1.165) is 19.3 Å². The van der Waals surface area contributed by atoms with Crippen molar-refractivity contribution in [2.75, 3.05) is 6.54 Å². The molecule has 1 aliphatic carbocycles. The molecule has 0 spiro atoms. The van der Waals surface area contributed by atoms with Crippen molar-refractivity contribution in [1.82, 2.24) is 10.0 Å². The number of amides is 1. The molecule has 1 aromatic carbocycles. The third-order valence-corrected chi connectivity index (χ3v) is 6.30. The van der Waals surface area contributed by atoms with Gasteiger partial charge < -0.3 is 5.32 Å². The molecule has 0 aromatic heterocycles. The third-order valence-electron chi connectivity index (χ3n) is 4.04. The van der Waals surface area contributed by atoms with Crippen LogP contribution in [0.2, 0.25) is 10.0 Å². The van der Waals surface area contributed by atoms with Gasteiger partial charge in [0.2, 0.25) is 15.9 Å². The Labute approximate surface area is 158 Å². The first kappa shape index (κ1) is 20.2. The van der Waals surface area contributed by atoms with E-state index >= 15 is 0 Å². The minimum absolute atomic E-state index is 0.0498. The van der Waals surface area contributed by atoms with Gasteiger partial charge in [-0.1, -0.05) is 34.9 Å². The summed E-state index contributed by atoms with van der Waals surface area (Å²) in [6, 6.07) is 3.24. The van der Waals surface area contributed by atoms with E-state index < -0.39 is 16.1 Å². The molecule has 1 atom stereocenters. The summed E-state index contributed by atoms with van der Waals surface area (Å²) in [5.74, 6) is -0.377. The molecular weight excluding hydrogens is 383 g/mol. The van der Waals surface area contributed by atoms with Crippen molar-refractivity contribution in [1.29, 1.82) is 0 Å². The molecule has 0 saturated heterocycles. The van der Waals surface area contributed by atoms with Crippen molar-refractivity contribution in [2.45, 2.75) is 50.0 Å². The lowest BCUT2D eigenvalue weighted by atomic mass is 9.97. The number of hydrogen-bond acceptors (Lipinski definition) is 3. The molecule has 2 rings (SSSR count). The molecule has 0 unspecified atom stereocenters. The van der Waals surface area contributed by atoms with E-state index in [4.69, 9.17) is 23.2 Å². The molecule has 0 radical (unpaired) electrons. The van der Waals surface area contributed by atoms with Crippen molar-refractivity contribution in [2.24, 2.45) is 0 Å². The van der Waals surface area contributed by atoms with Crippen LogP contribution in [0.5, 0.6) is 0 Å². The number of halogens is 2. The zero-order valence-electron chi connectivity index (χ0n) is 14.0. The monoisotopic (exact) mass is 404 g/mol. The van der Waals surface area contributed by atoms with E-state index in [1.807, 2.05) is 0 Å². The molecule has 25 heavy (non-hydrogen) atoms. The van der Waals surface area contributed by atoms with Gasteiger partial charge in [0.15, 0.2) is 0 Å². The second-order valence-electron chi connectivity index (χ2n) is 6.07. The van der Waals surface area contributed by atoms with Crippen LogP contribution >= 0.6 is 23.2 Å². The molecule has 0 saturated carbocycles. The molecule has 1 aliphatic rings. The van der Waals surface area contributed by atoms with Gasteiger partial charge in [0.05, 0.1) is 11.1 Å². The number of carbonyl (C=O) groups is 1. The van der Waals surface area contributed by atoms with Crippen LogP contribution in [-0.2, 0) is 14.8 Å². The van der Waals surface area contributed by atoms with E-state index in [-0.39, 0.29) is 20.8 Å². The van der Waals surface area contributed by atoms with Gasteiger partial charge in [0, 0.05) is 11.6 Å². The van der Waals surface area contributed by atoms with Crippen molar-refractivity contribution in [3.8, 4) is 0 Å². The number of carbonyl (C=O) groups excluding carboxylic acids is 1. The van der Waals surface area contributed by atoms with Gasteiger partial charge in [-0.05, 0) is 57.2 Å². The lowest BCUT2D eigenvalue weighted by Crippen LogP contribution is -2.45. The average Bonchev–Trinajstić information content (AvgIpc) is 2.57. The Morgan fingerprint density at radius 1 is 1.28 bits per heavy atom. The highest BCUT2D eigenvalue weighted by atomic mass is 35.5. The first-order valence-corrected chi connectivity index (χ1v) is 10.5. The molecule has 1 aromatic rings. The minimum Gasteiger partial charge on any atom is -0.354 e. The summed E-state index contributed by atoms with van der Waals surface area (Å²) in [5, 5.41) is 3.07. The second-order valence-corrected chi connectivity index (χ2v) is 8.59. The fraction of sp³-hybridized carbons (Fsp3) is 0.471. The maximum Gasteiger partial charge on any atom is 0.242 e. The van der Waals surface area contributed by atoms with E-state index in [0.29, 0.717) is 6.54 Å². The molecule has 0 aliphatic heterocycles. The van der Waals surface area contributed by atoms with Crippen LogP contribution in [0.15, 0.2) is 34.7 Å². The number of benzene rings is 1. The summed E-state index contributed by atoms with van der Waals surface area (Å²) >= 11 is 11.8. The van der Waals surface area contributed by atoms with Crippen molar-refractivity contribution in [3.05, 3.63) is 39.9 Å². The number of nitrogens with one attached hydrogen (secondary N) is 2. The zero-order valence-corrected chi connectivity index (χ0v) is 16.3. The first-order valence-electron chi connectivity index (χ1n) is 8.22. The predicted molar refractivity (Wildman–Crippen MR) is 100 cm³/mol. The quantitative estimate of drug-likeness (QED) is 0.680. The fourth-order valence-corrected chi connectivity index (χ4v) is 4.63. The van der Waals surface area contributed by atoms with Crippen LogP contribution in [0.3, 0.4) is 0 Å². The number of hydrogen-bond donors (Lipinski definition) is 2. The van der Waals surface area contributed by atoms with Gasteiger partial charge in [-0.2, -0.15) is 4.72 Å². The number of sulfonamides is 1. The second kappa shape index (κ2) is 9.03. The van der Waals surface area contributed by atoms with Gasteiger partial charge in [-0.3, -0.25) is 4.79 Å². The third kappa shape index (κ3) is 5.99. The van der Waals surface area contributed by atoms with Crippen LogP contribution in [-0.4, -0.2) is 26.9 Å². The van der Waals surface area contributed by atoms with E-state index in [1.54, 1.807) is 0 Å². The van der Waals surface area contributed by atoms with E-state index in [1.165, 1.54) is 43.5 Å². The smallest absolute Gasteiger partial charge is 0.242 e. The highest BCUT2D eigenvalue weighted by Gasteiger charge is 2.24. The standard InChI is InChI=1S/C17H22Cl2N2O3S/c1-12(17(22)20-10-9-13-5-3-2-4-6-13)21-25(23,24)16-11-14(18)7-8-15(16)19/h5,7-8,11-12,21H,2-4,6,9-10H2,1H3,(H,20,22)/t12-/m0/s1. The average molecular weight is 405 g/mol. The Morgan fingerprint density at radius 2 is 2.04 bits per heavy atom. The number of rotatable bonds is 7. The summed E-state index contributed by atoms with van der Waals surface area (Å²) in [7, 11) is -3.94. The summed E-state index contributed by atoms with van der Waals surface area (Å²) in [6.07, 6.45) is 7.61. The maximum absolute atomic E-state index is 12.4. The summed E-state index contributed by atoms with van der Waals surface area (Å²) < 4.78 is 27.1. The van der Waals surface area contributed by atoms with Gasteiger partial charge in [0.1, 0.15) is 4.90 Å². The van der Waals surface area contributed by atoms with Crippen LogP contribution in [0, 0.1) is 0 Å². The molecule has 0 heterocycles. The topological polar surface area (TPSA) is 75.3 Å². The maximum atomic E-state index is 12.4. The van der Waals surface area contributed by atoms with Gasteiger partial charge in [0.25, 0.3) is 0 Å². The van der Waals surface area contributed by atoms with Crippen LogP contribution in [0.1, 0.15) is 39.0 Å². The highest BCUT2D eigenvalue weighted by molar-refractivity contribution is 7.89. The van der Waals surface area contributed by atoms with Crippen LogP contribution in [0.25, 0.3) is 0 Å². The molecular formula is C17H22Cl2N2O3S. The molecule has 138 valence electrons. The molecule has 5 nitrogen and oxygen atoms in total. The highest BCUT2D eigenvalue weighted by Crippen LogP contribution is 2.25. The Kier molecular flexibility index (Phi) is 7.31. The Hall–Kier alpha value is -1.08. The van der Waals surface area contributed by atoms with Gasteiger partial charge >= 0.3 is 0 Å². The van der Waals surface area contributed by atoms with Gasteiger partial charge in [-0.25, -0.2) is 8.42 Å². The summed E-state index contributed by atoms with van der Waals surface area (Å²) in [5.41, 5.74) is 1.35. The van der Waals surface area contributed by atoms with Crippen molar-refractivity contribution >= 4 is 39.1 Å². The summed E-state index contributed by atoms with van der Waals surface area (Å²) in [6.45, 7) is 1.99. The normalized spacial score (nSPS) is 16.2. The Balaban J connectivity index is 1.91. The van der Waals surface area contributed by atoms with Crippen LogP contribution in [0.4, 0.5) is 0 Å². The SMILES string of the molecule is C[C@H](NS(=O)(=O)c1cc(Cl)ccc1Cl)C(=O)NCCC1=CCCCC1. The lowest BCUT2D eigenvalue weighted by molar-refractivity contribution is -0.122. The van der Waals surface area contributed by atoms with E-state index in [2.05, 4.69) is 16.1 Å². The Bertz CT molecular complexity index is 763. The summed E-state index contributed by atoms with van der Waals surface area (Å²) in [4.78, 5) is 12.0. The molecule has 0 fully saturated rings. The molecule has 0 bridgehead atoms. The Morgan fingerprint density at radius 3 is 2.72 bits per heavy atom. The van der Waals surface area contributed by atoms with Crippen molar-refractivity contribution in [3.63, 3.8) is 0 Å². The molecule has 1 amide bonds. The van der Waals surface area contributed by atoms with E-state index in [9.17, 15) is 13.2 Å². The van der Waals surface area contributed by atoms with Gasteiger partial charge in [-0.15, -0.1) is 0 Å². The molecule has 8 heteroatoms. The predicted octanol–water partition coefficient (Wildman–Crippen LogP) is 3.67. The zero-order chi connectivity index (χ0) is 18.4. The number of allylic oxidation sites excluding steroid dienone is 1. The lowest BCUT2D eigenvalue weighted by Gasteiger charge is -2.16. The molecule has 2 N–H and O–H groups in total. The van der Waals surface area contributed by atoms with Crippen molar-refractivity contribution < 1.29 is 13.2 Å². The largest absolute Gasteiger partial charge is 0.354 e. The first-order chi connectivity index (χ1) is 11.8. The fourth-order valence-electron chi connectivity index (χ4n) is 2.66. The minimum atomic E-state index is -3.94. The van der Waals surface area contributed by atoms with Crippen LogP contribution < -0.4 is 10.0 Å².